The van der Waals surface area contributed by atoms with Crippen molar-refractivity contribution in [1.29, 1.82) is 0 Å². The minimum absolute atomic E-state index is 0.198. The number of benzene rings is 1. The van der Waals surface area contributed by atoms with Crippen LogP contribution < -0.4 is 4.74 Å². The van der Waals surface area contributed by atoms with Gasteiger partial charge < -0.3 is 70.4 Å². The molecule has 7 rings (SSSR count). The Morgan fingerprint density at radius 3 is 1.48 bits per heavy atom. The molecule has 4 heterocycles. The van der Waals surface area contributed by atoms with Crippen LogP contribution in [-0.2, 0) is 72.3 Å². The van der Waals surface area contributed by atoms with E-state index >= 15 is 0 Å². The number of ether oxygens (including phenoxy) is 13. The molecular weight excluding hydrogens is 1500 g/mol. The summed E-state index contributed by atoms with van der Waals surface area (Å²) in [5.41, 5.74) is -3.44. The molecule has 1 unspecified atom stereocenters. The van der Waals surface area contributed by atoms with Crippen molar-refractivity contribution < 1.29 is 70.4 Å². The maximum atomic E-state index is 8.48. The summed E-state index contributed by atoms with van der Waals surface area (Å²) in [5.74, 6) is -0.556. The molecule has 4 saturated heterocycles. The van der Waals surface area contributed by atoms with Gasteiger partial charge in [-0.1, -0.05) is 164 Å². The first-order chi connectivity index (χ1) is 48.7. The molecule has 2 saturated carbocycles. The molecule has 6 fully saturated rings. The van der Waals surface area contributed by atoms with Gasteiger partial charge in [0.1, 0.15) is 60.7 Å². The number of fused-ring (bicyclic) bond motifs is 1. The highest BCUT2D eigenvalue weighted by molar-refractivity contribution is 14.1. The van der Waals surface area contributed by atoms with Gasteiger partial charge in [0.2, 0.25) is 0 Å². The Labute approximate surface area is 676 Å². The van der Waals surface area contributed by atoms with Gasteiger partial charge in [0.15, 0.2) is 28.2 Å². The summed E-state index contributed by atoms with van der Waals surface area (Å²) in [7, 11) is -3.82. The minimum Gasteiger partial charge on any atom is -0.497 e. The van der Waals surface area contributed by atoms with E-state index in [0.717, 1.165) is 71.8 Å². The van der Waals surface area contributed by atoms with Crippen LogP contribution >= 0.6 is 22.6 Å². The Kier molecular flexibility index (Phi) is 29.5. The maximum Gasteiger partial charge on any atom is 0.192 e. The fourth-order valence-electron chi connectivity index (χ4n) is 14.2. The van der Waals surface area contributed by atoms with E-state index in [1.807, 2.05) is 12.1 Å². The topological polar surface area (TPSA) is 138 Å². The molecule has 4 aliphatic heterocycles. The molecule has 0 amide bonds. The lowest BCUT2D eigenvalue weighted by molar-refractivity contribution is -0.313. The molecular formula is C90H161IO15Si2. The van der Waals surface area contributed by atoms with Gasteiger partial charge in [-0.15, -0.1) is 0 Å². The van der Waals surface area contributed by atoms with Crippen LogP contribution in [0.1, 0.15) is 304 Å². The van der Waals surface area contributed by atoms with Crippen LogP contribution in [0.25, 0.3) is 0 Å². The number of rotatable bonds is 30. The van der Waals surface area contributed by atoms with Gasteiger partial charge in [0.25, 0.3) is 0 Å². The average molecular weight is 1670 g/mol. The summed E-state index contributed by atoms with van der Waals surface area (Å²) < 4.78 is 116. The molecule has 15 nitrogen and oxygen atoms in total. The third kappa shape index (κ3) is 22.3. The number of allylic oxidation sites excluding steroid dienone is 1. The summed E-state index contributed by atoms with van der Waals surface area (Å²) >= 11 is 2.41. The van der Waals surface area contributed by atoms with Crippen molar-refractivity contribution in [1.82, 2.24) is 0 Å². The molecule has 18 heteroatoms. The van der Waals surface area contributed by atoms with Crippen molar-refractivity contribution in [3.05, 3.63) is 51.6 Å². The van der Waals surface area contributed by atoms with Gasteiger partial charge in [0, 0.05) is 38.5 Å². The molecule has 0 aromatic heterocycles. The van der Waals surface area contributed by atoms with Crippen LogP contribution in [0.4, 0.5) is 0 Å². The van der Waals surface area contributed by atoms with E-state index in [1.165, 1.54) is 0 Å². The fraction of sp³-hybridized carbons (Fsp3) is 0.889. The van der Waals surface area contributed by atoms with E-state index in [9.17, 15) is 0 Å². The highest BCUT2D eigenvalue weighted by atomic mass is 127. The second-order valence-corrected chi connectivity index (χ2v) is 55.5. The Morgan fingerprint density at radius 2 is 1.00 bits per heavy atom. The third-order valence-electron chi connectivity index (χ3n) is 28.5. The second-order valence-electron chi connectivity index (χ2n) is 44.3. The van der Waals surface area contributed by atoms with E-state index in [4.69, 9.17) is 77.0 Å². The minimum atomic E-state index is -2.82. The molecule has 1 aromatic rings. The van der Waals surface area contributed by atoms with Crippen LogP contribution in [-0.4, -0.2) is 161 Å². The lowest BCUT2D eigenvalue weighted by Gasteiger charge is -2.56. The van der Waals surface area contributed by atoms with Gasteiger partial charge in [-0.05, 0) is 234 Å². The first-order valence-electron chi connectivity index (χ1n) is 41.7. The summed E-state index contributed by atoms with van der Waals surface area (Å²) in [6.07, 6.45) is 3.12. The lowest BCUT2D eigenvalue weighted by Crippen LogP contribution is -2.68. The molecule has 2 aliphatic carbocycles. The van der Waals surface area contributed by atoms with Gasteiger partial charge in [-0.2, -0.15) is 0 Å². The van der Waals surface area contributed by atoms with E-state index in [0.29, 0.717) is 32.3 Å². The van der Waals surface area contributed by atoms with Crippen molar-refractivity contribution >= 4 is 39.2 Å². The van der Waals surface area contributed by atoms with Crippen LogP contribution in [0.2, 0.25) is 36.3 Å². The molecule has 0 radical (unpaired) electrons. The standard InChI is InChI=1S/C90H161IO15Si2/c1-58(43-48-62(96-84(24,25)77(3,4)5)63-54-67-73(104-90(99-67)51-41-42-52-90)75(94-63)72-65(53-59(2)91)98-89(103-72)49-39-40-50-89)69(100-86(28,29)79(9,10)11)70(101-87(30,31)80(12,13)14)64-55-66(97-85(26,27)78(6,7)8)71(102-88(32,33)81(15,16)17)76(95-64)74(106-108(37,38)83(21,22)23)68(105-107(35,36)82(18,19)20)57-93-56-60-44-46-61(92-34)47-45-60/h44-47,53,62-76H,1,39-43,48-52,54-57H2,2-38H3/b59-53+/t62-,63?,64-,65+,66-,67+,68+,69-,70+,71-,72-,73+,74+,75-,76-/m1/s1. The quantitative estimate of drug-likeness (QED) is 0.0410. The SMILES string of the molecule is C=C(CC[C@@H](OC(C)(C)C(C)(C)C)C1C[C@@H]2OC3(CCCC3)O[C@@H]2[C@@H]([C@@H]2OC3(CCCC3)O[C@H]2/C=C(\C)I)O1)[C@@H](OC(C)(C)C(C)(C)C)[C@@H](OC(C)(C)C(C)(C)C)[C@H]1C[C@@H](OC(C)(C)C(C)(C)C)[C@@H](OC(C)(C)C(C)(C)C)[C@H]([C@@H](O[Si](C)(C)C(C)(C)C)[C@H](COCc2ccc(OC)cc2)O[Si](C)(C)C(C)(C)C)O1. The van der Waals surface area contributed by atoms with E-state index in [-0.39, 0.29) is 56.7 Å². The summed E-state index contributed by atoms with van der Waals surface area (Å²) in [6.45, 7) is 87.3. The first kappa shape index (κ1) is 94.3. The zero-order valence-electron chi connectivity index (χ0n) is 75.7. The van der Waals surface area contributed by atoms with Crippen LogP contribution in [0, 0.1) is 27.1 Å². The van der Waals surface area contributed by atoms with Gasteiger partial charge in [0.05, 0.1) is 85.0 Å². The Bertz CT molecular complexity index is 3090. The van der Waals surface area contributed by atoms with Gasteiger partial charge in [-0.25, -0.2) is 0 Å². The summed E-state index contributed by atoms with van der Waals surface area (Å²) in [5, 5.41) is -0.445. The average Bonchev–Trinajstić information content (AvgIpc) is 1.45. The van der Waals surface area contributed by atoms with Crippen molar-refractivity contribution in [3.8, 4) is 5.75 Å². The number of hydrogen-bond acceptors (Lipinski definition) is 15. The molecule has 108 heavy (non-hydrogen) atoms. The van der Waals surface area contributed by atoms with E-state index in [1.54, 1.807) is 7.11 Å². The highest BCUT2D eigenvalue weighted by Gasteiger charge is 2.64. The molecule has 6 aliphatic rings. The molecule has 0 bridgehead atoms. The van der Waals surface area contributed by atoms with Crippen LogP contribution in [0.5, 0.6) is 5.75 Å². The zero-order valence-corrected chi connectivity index (χ0v) is 79.8. The molecule has 626 valence electrons. The van der Waals surface area contributed by atoms with Gasteiger partial charge in [-0.3, -0.25) is 0 Å². The van der Waals surface area contributed by atoms with Crippen molar-refractivity contribution in [2.75, 3.05) is 13.7 Å². The normalized spacial score (nSPS) is 27.8. The zero-order chi connectivity index (χ0) is 82.0. The number of halogens is 1. The maximum absolute atomic E-state index is 8.48. The molecule has 2 spiro atoms. The molecule has 0 N–H and O–H groups in total. The van der Waals surface area contributed by atoms with Crippen molar-refractivity contribution in [3.63, 3.8) is 0 Å². The smallest absolute Gasteiger partial charge is 0.192 e. The Balaban J connectivity index is 1.48. The second kappa shape index (κ2) is 33.8. The van der Waals surface area contributed by atoms with Gasteiger partial charge >= 0.3 is 0 Å². The number of hydrogen-bond donors (Lipinski definition) is 0. The monoisotopic (exact) mass is 1670 g/mol. The lowest BCUT2D eigenvalue weighted by atomic mass is 9.76. The van der Waals surface area contributed by atoms with E-state index < -0.39 is 135 Å². The van der Waals surface area contributed by atoms with E-state index in [2.05, 4.69) is 289 Å². The predicted octanol–water partition coefficient (Wildman–Crippen LogP) is 23.1. The van der Waals surface area contributed by atoms with Crippen LogP contribution in [0.15, 0.2) is 46.1 Å². The van der Waals surface area contributed by atoms with Crippen molar-refractivity contribution in [2.24, 2.45) is 27.1 Å². The largest absolute Gasteiger partial charge is 0.497 e. The molecule has 15 atom stereocenters. The van der Waals surface area contributed by atoms with Crippen molar-refractivity contribution in [2.45, 2.75) is 473 Å². The number of methoxy groups -OCH3 is 1. The first-order valence-corrected chi connectivity index (χ1v) is 48.6. The summed E-state index contributed by atoms with van der Waals surface area (Å²) in [4.78, 5) is 0. The molecule has 1 aromatic carbocycles. The Hall–Kier alpha value is -0.896. The van der Waals surface area contributed by atoms with Crippen LogP contribution in [0.3, 0.4) is 0 Å². The fourth-order valence-corrected chi connectivity index (χ4v) is 17.2. The third-order valence-corrected chi connectivity index (χ3v) is 37.8. The highest BCUT2D eigenvalue weighted by Crippen LogP contribution is 2.54. The predicted molar refractivity (Wildman–Crippen MR) is 453 cm³/mol. The Morgan fingerprint density at radius 1 is 0.537 bits per heavy atom. The summed E-state index contributed by atoms with van der Waals surface area (Å²) in [6, 6.07) is 8.11.